The van der Waals surface area contributed by atoms with Crippen molar-refractivity contribution in [1.29, 1.82) is 0 Å². The number of anilines is 2. The molecule has 1 saturated carbocycles. The van der Waals surface area contributed by atoms with E-state index in [0.29, 0.717) is 18.7 Å². The van der Waals surface area contributed by atoms with Crippen molar-refractivity contribution in [3.05, 3.63) is 34.5 Å². The van der Waals surface area contributed by atoms with E-state index in [-0.39, 0.29) is 22.2 Å². The van der Waals surface area contributed by atoms with Crippen molar-refractivity contribution in [2.45, 2.75) is 61.7 Å². The van der Waals surface area contributed by atoms with Gasteiger partial charge in [-0.3, -0.25) is 9.62 Å². The van der Waals surface area contributed by atoms with Gasteiger partial charge in [-0.15, -0.1) is 11.3 Å². The molecule has 11 heteroatoms. The van der Waals surface area contributed by atoms with E-state index in [2.05, 4.69) is 19.9 Å². The van der Waals surface area contributed by atoms with Crippen LogP contribution in [0.1, 0.15) is 38.5 Å². The summed E-state index contributed by atoms with van der Waals surface area (Å²) in [6, 6.07) is 2.37. The van der Waals surface area contributed by atoms with Gasteiger partial charge in [-0.05, 0) is 44.4 Å². The SMILES string of the molecule is O=S(=O)(Nc1nccs1)c1cc(Cl)c(N[C@H]2CCCC[C@@H]2N2CCC[C@@H](F)C2)cc1F. The van der Waals surface area contributed by atoms with Gasteiger partial charge in [0.15, 0.2) is 5.13 Å². The van der Waals surface area contributed by atoms with Crippen molar-refractivity contribution in [2.24, 2.45) is 0 Å². The Hall–Kier alpha value is -1.49. The molecule has 0 bridgehead atoms. The summed E-state index contributed by atoms with van der Waals surface area (Å²) in [6.45, 7) is 1.27. The fraction of sp³-hybridized carbons (Fsp3) is 0.550. The number of likely N-dealkylation sites (tertiary alicyclic amines) is 1. The van der Waals surface area contributed by atoms with Gasteiger partial charge in [-0.25, -0.2) is 22.2 Å². The first kappa shape index (κ1) is 22.7. The van der Waals surface area contributed by atoms with E-state index in [9.17, 15) is 17.2 Å². The lowest BCUT2D eigenvalue weighted by molar-refractivity contribution is 0.0739. The smallest absolute Gasteiger partial charge is 0.266 e. The van der Waals surface area contributed by atoms with Gasteiger partial charge in [-0.2, -0.15) is 0 Å². The van der Waals surface area contributed by atoms with E-state index in [0.717, 1.165) is 62.1 Å². The number of hydrogen-bond acceptors (Lipinski definition) is 6. The van der Waals surface area contributed by atoms with Crippen LogP contribution in [0.25, 0.3) is 0 Å². The standard InChI is InChI=1S/C20H25ClF2N4O2S2/c21-14-10-19(31(28,29)26-20-24-7-9-30-20)15(23)11-17(14)25-16-5-1-2-6-18(16)27-8-3-4-13(22)12-27/h7,9-11,13,16,18,25H,1-6,8,12H2,(H,24,26)/t13-,16+,18+/m1/s1. The van der Waals surface area contributed by atoms with Gasteiger partial charge in [0.25, 0.3) is 10.0 Å². The minimum absolute atomic E-state index is 0.00755. The fourth-order valence-corrected chi connectivity index (χ4v) is 6.62. The summed E-state index contributed by atoms with van der Waals surface area (Å²) in [6.07, 6.45) is 5.96. The predicted octanol–water partition coefficient (Wildman–Crippen LogP) is 4.89. The first-order valence-electron chi connectivity index (χ1n) is 10.4. The molecule has 4 rings (SSSR count). The summed E-state index contributed by atoms with van der Waals surface area (Å²) < 4.78 is 56.1. The van der Waals surface area contributed by atoms with Crippen molar-refractivity contribution in [3.63, 3.8) is 0 Å². The summed E-state index contributed by atoms with van der Waals surface area (Å²) in [5.74, 6) is -0.898. The number of piperidine rings is 1. The number of rotatable bonds is 6. The van der Waals surface area contributed by atoms with Crippen LogP contribution >= 0.6 is 22.9 Å². The summed E-state index contributed by atoms with van der Waals surface area (Å²) in [7, 11) is -4.16. The van der Waals surface area contributed by atoms with Crippen molar-refractivity contribution in [2.75, 3.05) is 23.1 Å². The van der Waals surface area contributed by atoms with Crippen LogP contribution in [0.2, 0.25) is 5.02 Å². The fourth-order valence-electron chi connectivity index (χ4n) is 4.46. The molecule has 0 spiro atoms. The molecular formula is C20H25ClF2N4O2S2. The predicted molar refractivity (Wildman–Crippen MR) is 120 cm³/mol. The molecule has 1 aliphatic heterocycles. The van der Waals surface area contributed by atoms with Crippen LogP contribution in [0.3, 0.4) is 0 Å². The van der Waals surface area contributed by atoms with Gasteiger partial charge < -0.3 is 5.32 Å². The third-order valence-electron chi connectivity index (χ3n) is 5.90. The molecule has 0 unspecified atom stereocenters. The number of sulfonamides is 1. The molecule has 2 heterocycles. The second-order valence-electron chi connectivity index (χ2n) is 8.04. The highest BCUT2D eigenvalue weighted by Gasteiger charge is 2.34. The number of alkyl halides is 1. The molecule has 2 N–H and O–H groups in total. The van der Waals surface area contributed by atoms with Crippen molar-refractivity contribution in [3.8, 4) is 0 Å². The molecule has 31 heavy (non-hydrogen) atoms. The maximum Gasteiger partial charge on any atom is 0.266 e. The normalized spacial score (nSPS) is 25.3. The molecule has 2 aliphatic rings. The Morgan fingerprint density at radius 3 is 2.74 bits per heavy atom. The molecular weight excluding hydrogens is 466 g/mol. The lowest BCUT2D eigenvalue weighted by atomic mass is 9.87. The van der Waals surface area contributed by atoms with Crippen molar-refractivity contribution >= 4 is 43.8 Å². The van der Waals surface area contributed by atoms with Crippen LogP contribution in [-0.4, -0.2) is 49.6 Å². The molecule has 2 aromatic rings. The molecule has 3 atom stereocenters. The highest BCUT2D eigenvalue weighted by atomic mass is 35.5. The van der Waals surface area contributed by atoms with Crippen molar-refractivity contribution in [1.82, 2.24) is 9.88 Å². The topological polar surface area (TPSA) is 74.3 Å². The summed E-state index contributed by atoms with van der Waals surface area (Å²) in [4.78, 5) is 5.51. The number of halogens is 3. The number of thiazole rings is 1. The number of nitrogens with one attached hydrogen (secondary N) is 2. The molecule has 0 radical (unpaired) electrons. The van der Waals surface area contributed by atoms with E-state index >= 15 is 0 Å². The molecule has 1 aromatic heterocycles. The zero-order valence-corrected chi connectivity index (χ0v) is 19.2. The van der Waals surface area contributed by atoms with E-state index in [4.69, 9.17) is 11.6 Å². The summed E-state index contributed by atoms with van der Waals surface area (Å²) >= 11 is 7.45. The van der Waals surface area contributed by atoms with Crippen LogP contribution in [0.15, 0.2) is 28.6 Å². The maximum absolute atomic E-state index is 14.8. The largest absolute Gasteiger partial charge is 0.379 e. The Morgan fingerprint density at radius 1 is 1.19 bits per heavy atom. The number of hydrogen-bond donors (Lipinski definition) is 2. The van der Waals surface area contributed by atoms with Crippen LogP contribution in [0.4, 0.5) is 19.6 Å². The number of aromatic nitrogens is 1. The molecule has 1 aliphatic carbocycles. The molecule has 6 nitrogen and oxygen atoms in total. The Labute approximate surface area is 190 Å². The van der Waals surface area contributed by atoms with Gasteiger partial charge in [0.1, 0.15) is 16.9 Å². The van der Waals surface area contributed by atoms with Gasteiger partial charge in [0, 0.05) is 30.2 Å². The average Bonchev–Trinajstić information content (AvgIpc) is 3.23. The van der Waals surface area contributed by atoms with Gasteiger partial charge >= 0.3 is 0 Å². The lowest BCUT2D eigenvalue weighted by Gasteiger charge is -2.43. The Balaban J connectivity index is 1.53. The zero-order valence-electron chi connectivity index (χ0n) is 16.9. The molecule has 1 saturated heterocycles. The first-order valence-corrected chi connectivity index (χ1v) is 13.1. The number of nitrogens with zero attached hydrogens (tertiary/aromatic N) is 2. The average molecular weight is 491 g/mol. The van der Waals surface area contributed by atoms with Gasteiger partial charge in [0.2, 0.25) is 0 Å². The minimum atomic E-state index is -4.16. The van der Waals surface area contributed by atoms with Crippen LogP contribution in [0, 0.1) is 5.82 Å². The van der Waals surface area contributed by atoms with Crippen LogP contribution < -0.4 is 10.0 Å². The second-order valence-corrected chi connectivity index (χ2v) is 11.0. The summed E-state index contributed by atoms with van der Waals surface area (Å²) in [5, 5.41) is 5.19. The van der Waals surface area contributed by atoms with Crippen LogP contribution in [0.5, 0.6) is 0 Å². The molecule has 170 valence electrons. The monoisotopic (exact) mass is 490 g/mol. The third kappa shape index (κ3) is 5.30. The number of benzene rings is 1. The lowest BCUT2D eigenvalue weighted by Crippen LogP contribution is -2.52. The van der Waals surface area contributed by atoms with Gasteiger partial charge in [0.05, 0.1) is 10.7 Å². The van der Waals surface area contributed by atoms with E-state index in [1.165, 1.54) is 6.20 Å². The second kappa shape index (κ2) is 9.56. The van der Waals surface area contributed by atoms with E-state index in [1.54, 1.807) is 5.38 Å². The van der Waals surface area contributed by atoms with Gasteiger partial charge in [-0.1, -0.05) is 24.4 Å². The zero-order chi connectivity index (χ0) is 22.0. The molecule has 0 amide bonds. The van der Waals surface area contributed by atoms with E-state index < -0.39 is 26.9 Å². The molecule has 1 aromatic carbocycles. The highest BCUT2D eigenvalue weighted by Crippen LogP contribution is 2.33. The first-order chi connectivity index (χ1) is 14.8. The maximum atomic E-state index is 14.8. The quantitative estimate of drug-likeness (QED) is 0.602. The molecule has 2 fully saturated rings. The van der Waals surface area contributed by atoms with Crippen molar-refractivity contribution < 1.29 is 17.2 Å². The van der Waals surface area contributed by atoms with E-state index in [1.807, 2.05) is 0 Å². The Morgan fingerprint density at radius 2 is 2.00 bits per heavy atom. The summed E-state index contributed by atoms with van der Waals surface area (Å²) in [5.41, 5.74) is 0.345. The minimum Gasteiger partial charge on any atom is -0.379 e. The Bertz CT molecular complexity index is 1010. The third-order valence-corrected chi connectivity index (χ3v) is 8.38. The highest BCUT2D eigenvalue weighted by molar-refractivity contribution is 7.93. The van der Waals surface area contributed by atoms with Crippen LogP contribution in [-0.2, 0) is 10.0 Å². The Kier molecular flexibility index (Phi) is 7.00.